The summed E-state index contributed by atoms with van der Waals surface area (Å²) in [6.07, 6.45) is 4.08. The topological polar surface area (TPSA) is 37.3 Å². The summed E-state index contributed by atoms with van der Waals surface area (Å²) in [4.78, 5) is 10.1. The maximum Gasteiger partial charge on any atom is 0.328 e. The van der Waals surface area contributed by atoms with Gasteiger partial charge < -0.3 is 5.11 Å². The average molecular weight is 176 g/mol. The highest BCUT2D eigenvalue weighted by atomic mass is 33.1. The van der Waals surface area contributed by atoms with Crippen LogP contribution >= 0.6 is 21.6 Å². The van der Waals surface area contributed by atoms with E-state index >= 15 is 0 Å². The molecule has 1 saturated heterocycles. The third-order valence-corrected chi connectivity index (χ3v) is 3.96. The van der Waals surface area contributed by atoms with Gasteiger partial charge in [-0.1, -0.05) is 27.7 Å². The second-order valence-electron chi connectivity index (χ2n) is 1.94. The van der Waals surface area contributed by atoms with Gasteiger partial charge in [-0.25, -0.2) is 4.79 Å². The van der Waals surface area contributed by atoms with Crippen LogP contribution in [0.4, 0.5) is 0 Å². The summed E-state index contributed by atoms with van der Waals surface area (Å²) < 4.78 is 0. The summed E-state index contributed by atoms with van der Waals surface area (Å²) in [5, 5.41) is 8.69. The van der Waals surface area contributed by atoms with Crippen molar-refractivity contribution >= 4 is 27.6 Å². The van der Waals surface area contributed by atoms with Gasteiger partial charge in [0.05, 0.1) is 0 Å². The zero-order chi connectivity index (χ0) is 7.40. The Morgan fingerprint density at radius 3 is 3.00 bits per heavy atom. The van der Waals surface area contributed by atoms with E-state index in [0.29, 0.717) is 5.25 Å². The van der Waals surface area contributed by atoms with Crippen LogP contribution in [0.25, 0.3) is 0 Å². The van der Waals surface area contributed by atoms with Gasteiger partial charge in [0.2, 0.25) is 0 Å². The van der Waals surface area contributed by atoms with E-state index in [9.17, 15) is 4.79 Å². The fourth-order valence-electron chi connectivity index (χ4n) is 0.666. The van der Waals surface area contributed by atoms with Crippen molar-refractivity contribution in [2.45, 2.75) is 11.7 Å². The van der Waals surface area contributed by atoms with Crippen LogP contribution in [-0.4, -0.2) is 22.1 Å². The molecule has 1 unspecified atom stereocenters. The van der Waals surface area contributed by atoms with Crippen LogP contribution in [0, 0.1) is 0 Å². The largest absolute Gasteiger partial charge is 0.478 e. The van der Waals surface area contributed by atoms with E-state index in [1.165, 1.54) is 6.08 Å². The van der Waals surface area contributed by atoms with Crippen molar-refractivity contribution in [3.8, 4) is 0 Å². The third kappa shape index (κ3) is 2.66. The Morgan fingerprint density at radius 1 is 1.70 bits per heavy atom. The maximum atomic E-state index is 10.1. The zero-order valence-corrected chi connectivity index (χ0v) is 6.95. The molecular weight excluding hydrogens is 168 g/mol. The van der Waals surface area contributed by atoms with Gasteiger partial charge in [0.15, 0.2) is 0 Å². The first-order valence-corrected chi connectivity index (χ1v) is 5.36. The molecule has 0 amide bonds. The van der Waals surface area contributed by atoms with E-state index in [4.69, 9.17) is 5.11 Å². The predicted molar refractivity (Wildman–Crippen MR) is 45.2 cm³/mol. The van der Waals surface area contributed by atoms with Gasteiger partial charge in [0, 0.05) is 17.1 Å². The molecule has 0 aromatic carbocycles. The second-order valence-corrected chi connectivity index (χ2v) is 4.67. The van der Waals surface area contributed by atoms with Crippen LogP contribution in [0.5, 0.6) is 0 Å². The lowest BCUT2D eigenvalue weighted by atomic mass is 10.3. The molecule has 0 bridgehead atoms. The molecule has 1 fully saturated rings. The Kier molecular flexibility index (Phi) is 3.15. The lowest BCUT2D eigenvalue weighted by Gasteiger charge is -1.95. The molecule has 4 heteroatoms. The van der Waals surface area contributed by atoms with E-state index in [1.807, 2.05) is 0 Å². The summed E-state index contributed by atoms with van der Waals surface area (Å²) >= 11 is 0. The lowest BCUT2D eigenvalue weighted by Crippen LogP contribution is -1.94. The molecule has 0 saturated carbocycles. The van der Waals surface area contributed by atoms with Gasteiger partial charge in [-0.2, -0.15) is 0 Å². The monoisotopic (exact) mass is 176 g/mol. The highest BCUT2D eigenvalue weighted by Gasteiger charge is 2.12. The summed E-state index contributed by atoms with van der Waals surface area (Å²) in [6.45, 7) is 0. The maximum absolute atomic E-state index is 10.1. The molecule has 10 heavy (non-hydrogen) atoms. The van der Waals surface area contributed by atoms with Crippen molar-refractivity contribution in [2.75, 3.05) is 5.75 Å². The van der Waals surface area contributed by atoms with Crippen molar-refractivity contribution in [2.24, 2.45) is 0 Å². The number of carboxylic acid groups (broad SMARTS) is 1. The molecule has 0 aromatic heterocycles. The molecule has 0 aliphatic carbocycles. The quantitative estimate of drug-likeness (QED) is 0.514. The Balaban J connectivity index is 2.29. The molecule has 56 valence electrons. The van der Waals surface area contributed by atoms with Crippen LogP contribution in [-0.2, 0) is 4.79 Å². The summed E-state index contributed by atoms with van der Waals surface area (Å²) in [7, 11) is 3.56. The molecule has 1 rings (SSSR count). The molecule has 1 heterocycles. The van der Waals surface area contributed by atoms with E-state index in [-0.39, 0.29) is 0 Å². The van der Waals surface area contributed by atoms with Gasteiger partial charge in [-0.15, -0.1) is 0 Å². The fourth-order valence-corrected chi connectivity index (χ4v) is 3.38. The molecule has 1 N–H and O–H groups in total. The molecular formula is C6H8O2S2. The summed E-state index contributed by atoms with van der Waals surface area (Å²) in [6, 6.07) is 0. The van der Waals surface area contributed by atoms with E-state index in [2.05, 4.69) is 0 Å². The SMILES string of the molecule is O=C(O)/C=C/C1CCSS1. The Morgan fingerprint density at radius 2 is 2.50 bits per heavy atom. The first kappa shape index (κ1) is 8.01. The van der Waals surface area contributed by atoms with E-state index in [1.54, 1.807) is 27.7 Å². The van der Waals surface area contributed by atoms with Crippen LogP contribution < -0.4 is 0 Å². The first-order chi connectivity index (χ1) is 4.79. The summed E-state index contributed by atoms with van der Waals surface area (Å²) in [5.74, 6) is 0.289. The molecule has 1 aliphatic rings. The van der Waals surface area contributed by atoms with Crippen molar-refractivity contribution < 1.29 is 9.90 Å². The minimum Gasteiger partial charge on any atom is -0.478 e. The van der Waals surface area contributed by atoms with Crippen molar-refractivity contribution in [3.63, 3.8) is 0 Å². The van der Waals surface area contributed by atoms with Gasteiger partial charge in [-0.3, -0.25) is 0 Å². The van der Waals surface area contributed by atoms with Crippen molar-refractivity contribution in [3.05, 3.63) is 12.2 Å². The summed E-state index contributed by atoms with van der Waals surface area (Å²) in [5.41, 5.74) is 0. The van der Waals surface area contributed by atoms with E-state index in [0.717, 1.165) is 12.2 Å². The average Bonchev–Trinajstić information content (AvgIpc) is 2.34. The number of aliphatic carboxylic acids is 1. The van der Waals surface area contributed by atoms with E-state index < -0.39 is 5.97 Å². The van der Waals surface area contributed by atoms with Crippen LogP contribution in [0.1, 0.15) is 6.42 Å². The molecule has 0 radical (unpaired) electrons. The first-order valence-electron chi connectivity index (χ1n) is 2.98. The zero-order valence-electron chi connectivity index (χ0n) is 5.32. The normalized spacial score (nSPS) is 25.8. The lowest BCUT2D eigenvalue weighted by molar-refractivity contribution is -0.131. The number of rotatable bonds is 2. The minimum atomic E-state index is -0.850. The highest BCUT2D eigenvalue weighted by molar-refractivity contribution is 8.77. The minimum absolute atomic E-state index is 0.418. The number of carbonyl (C=O) groups is 1. The fraction of sp³-hybridized carbons (Fsp3) is 0.500. The number of hydrogen-bond donors (Lipinski definition) is 1. The van der Waals surface area contributed by atoms with Crippen molar-refractivity contribution in [1.82, 2.24) is 0 Å². The Hall–Kier alpha value is -0.0900. The van der Waals surface area contributed by atoms with Gasteiger partial charge >= 0.3 is 5.97 Å². The standard InChI is InChI=1S/C6H8O2S2/c7-6(8)2-1-5-3-4-9-10-5/h1-2,5H,3-4H2,(H,7,8)/b2-1+. The van der Waals surface area contributed by atoms with Crippen molar-refractivity contribution in [1.29, 1.82) is 0 Å². The smallest absolute Gasteiger partial charge is 0.328 e. The highest BCUT2D eigenvalue weighted by Crippen LogP contribution is 2.37. The molecule has 0 spiro atoms. The van der Waals surface area contributed by atoms with Gasteiger partial charge in [0.25, 0.3) is 0 Å². The molecule has 0 aromatic rings. The number of hydrogen-bond acceptors (Lipinski definition) is 3. The molecule has 2 nitrogen and oxygen atoms in total. The van der Waals surface area contributed by atoms with Crippen LogP contribution in [0.3, 0.4) is 0 Å². The third-order valence-electron chi connectivity index (χ3n) is 1.13. The Bertz CT molecular complexity index is 150. The van der Waals surface area contributed by atoms with Gasteiger partial charge in [0.1, 0.15) is 0 Å². The predicted octanol–water partition coefficient (Wildman–Crippen LogP) is 1.78. The molecule has 1 aliphatic heterocycles. The van der Waals surface area contributed by atoms with Gasteiger partial charge in [-0.05, 0) is 6.42 Å². The number of carboxylic acids is 1. The second kappa shape index (κ2) is 3.93. The van der Waals surface area contributed by atoms with Crippen LogP contribution in [0.15, 0.2) is 12.2 Å². The van der Waals surface area contributed by atoms with Crippen LogP contribution in [0.2, 0.25) is 0 Å². The molecule has 1 atom stereocenters. The Labute approximate surface area is 67.5 Å².